The molecule has 1 aliphatic heterocycles. The van der Waals surface area contributed by atoms with Crippen LogP contribution in [-0.4, -0.2) is 66.7 Å². The van der Waals surface area contributed by atoms with Crippen molar-refractivity contribution in [1.82, 2.24) is 15.1 Å². The zero-order valence-corrected chi connectivity index (χ0v) is 20.6. The molecule has 30 heavy (non-hydrogen) atoms. The third-order valence-corrected chi connectivity index (χ3v) is 6.59. The second-order valence-corrected chi connectivity index (χ2v) is 9.28. The number of unbranched alkanes of at least 4 members (excludes halogenated alkanes) is 1. The molecule has 2 amide bonds. The molecule has 1 aliphatic rings. The van der Waals surface area contributed by atoms with Gasteiger partial charge in [0.05, 0.1) is 6.04 Å². The number of nitrogens with one attached hydrogen (secondary N) is 1. The molecule has 0 aromatic carbocycles. The van der Waals surface area contributed by atoms with Crippen molar-refractivity contribution in [3.8, 4) is 0 Å². The quantitative estimate of drug-likeness (QED) is 0.357. The number of hydrogen-bond donors (Lipinski definition) is 1. The predicted molar refractivity (Wildman–Crippen MR) is 123 cm³/mol. The lowest BCUT2D eigenvalue weighted by Crippen LogP contribution is -2.58. The number of ether oxygens (including phenoxy) is 1. The Labute approximate surface area is 185 Å². The fraction of sp³-hybridized carbons (Fsp3) is 0.917. The van der Waals surface area contributed by atoms with Gasteiger partial charge in [0.25, 0.3) is 0 Å². The molecule has 0 aromatic rings. The van der Waals surface area contributed by atoms with Gasteiger partial charge >= 0.3 is 0 Å². The molecule has 1 N–H and O–H groups in total. The van der Waals surface area contributed by atoms with E-state index in [-0.39, 0.29) is 29.8 Å². The van der Waals surface area contributed by atoms with E-state index in [2.05, 4.69) is 51.8 Å². The fourth-order valence-electron chi connectivity index (χ4n) is 4.30. The van der Waals surface area contributed by atoms with Crippen molar-refractivity contribution in [3.05, 3.63) is 0 Å². The first-order chi connectivity index (χ1) is 14.3. The minimum absolute atomic E-state index is 0.00629. The van der Waals surface area contributed by atoms with Crippen LogP contribution in [0.25, 0.3) is 0 Å². The van der Waals surface area contributed by atoms with Gasteiger partial charge in [-0.25, -0.2) is 0 Å². The van der Waals surface area contributed by atoms with E-state index in [4.69, 9.17) is 4.74 Å². The van der Waals surface area contributed by atoms with E-state index in [1.54, 1.807) is 0 Å². The number of piperidine rings is 1. The molecule has 6 heteroatoms. The molecule has 0 saturated carbocycles. The lowest BCUT2D eigenvalue weighted by molar-refractivity contribution is -0.148. The number of hydrogen-bond acceptors (Lipinski definition) is 4. The molecule has 0 spiro atoms. The first-order valence-corrected chi connectivity index (χ1v) is 12.2. The Balaban J connectivity index is 3.01. The molecule has 1 saturated heterocycles. The largest absolute Gasteiger partial charge is 0.361 e. The van der Waals surface area contributed by atoms with E-state index in [0.29, 0.717) is 19.3 Å². The van der Waals surface area contributed by atoms with Gasteiger partial charge in [-0.1, -0.05) is 60.8 Å². The summed E-state index contributed by atoms with van der Waals surface area (Å²) < 4.78 is 5.88. The van der Waals surface area contributed by atoms with Crippen LogP contribution in [0.3, 0.4) is 0 Å². The van der Waals surface area contributed by atoms with Gasteiger partial charge < -0.3 is 15.0 Å². The minimum atomic E-state index is -0.514. The van der Waals surface area contributed by atoms with E-state index in [1.807, 2.05) is 11.9 Å². The van der Waals surface area contributed by atoms with Gasteiger partial charge in [-0.05, 0) is 51.1 Å². The van der Waals surface area contributed by atoms with E-state index in [0.717, 1.165) is 51.5 Å². The summed E-state index contributed by atoms with van der Waals surface area (Å²) in [6.07, 6.45) is 6.80. The van der Waals surface area contributed by atoms with Crippen LogP contribution in [0.5, 0.6) is 0 Å². The molecule has 0 radical (unpaired) electrons. The van der Waals surface area contributed by atoms with Crippen molar-refractivity contribution in [1.29, 1.82) is 0 Å². The second-order valence-electron chi connectivity index (χ2n) is 9.28. The highest BCUT2D eigenvalue weighted by molar-refractivity contribution is 5.90. The summed E-state index contributed by atoms with van der Waals surface area (Å²) in [7, 11) is 2.00. The average molecular weight is 426 g/mol. The SMILES string of the molecule is CCCCOCN(C(=O)[C@@H](NC(=O)[C@H]1CCCCN1C)C(C)CC)[C@H](CC)C(C)C. The van der Waals surface area contributed by atoms with Crippen molar-refractivity contribution in [3.63, 3.8) is 0 Å². The van der Waals surface area contributed by atoms with Crippen molar-refractivity contribution in [2.45, 2.75) is 105 Å². The first kappa shape index (κ1) is 26.9. The molecule has 1 heterocycles. The summed E-state index contributed by atoms with van der Waals surface area (Å²) in [4.78, 5) is 30.8. The van der Waals surface area contributed by atoms with E-state index in [9.17, 15) is 9.59 Å². The van der Waals surface area contributed by atoms with Crippen LogP contribution in [-0.2, 0) is 14.3 Å². The monoisotopic (exact) mass is 425 g/mol. The maximum absolute atomic E-state index is 13.7. The maximum Gasteiger partial charge on any atom is 0.247 e. The molecule has 176 valence electrons. The average Bonchev–Trinajstić information content (AvgIpc) is 2.73. The van der Waals surface area contributed by atoms with Crippen molar-refractivity contribution >= 4 is 11.8 Å². The van der Waals surface area contributed by atoms with Crippen LogP contribution in [0.4, 0.5) is 0 Å². The van der Waals surface area contributed by atoms with E-state index < -0.39 is 6.04 Å². The van der Waals surface area contributed by atoms with Crippen molar-refractivity contribution in [2.24, 2.45) is 11.8 Å². The number of carbonyl (C=O) groups excluding carboxylic acids is 2. The Morgan fingerprint density at radius 1 is 1.13 bits per heavy atom. The van der Waals surface area contributed by atoms with Crippen LogP contribution in [0, 0.1) is 11.8 Å². The standard InChI is InChI=1S/C24H47N3O3/c1-8-11-16-30-17-27(20(10-3)18(4)5)24(29)22(19(6)9-2)25-23(28)21-14-12-13-15-26(21)7/h18-22H,8-17H2,1-7H3,(H,25,28)/t19?,20-,21-,22+/m1/s1. The number of likely N-dealkylation sites (N-methyl/N-ethyl adjacent to an activating group) is 1. The number of amides is 2. The number of nitrogens with zero attached hydrogens (tertiary/aromatic N) is 2. The van der Waals surface area contributed by atoms with Gasteiger partial charge in [-0.2, -0.15) is 0 Å². The van der Waals surface area contributed by atoms with E-state index in [1.165, 1.54) is 0 Å². The van der Waals surface area contributed by atoms with Gasteiger partial charge in [0.2, 0.25) is 11.8 Å². The fourth-order valence-corrected chi connectivity index (χ4v) is 4.30. The zero-order chi connectivity index (χ0) is 22.7. The minimum Gasteiger partial charge on any atom is -0.361 e. The Bertz CT molecular complexity index is 512. The van der Waals surface area contributed by atoms with Crippen LogP contribution in [0.2, 0.25) is 0 Å². The molecular weight excluding hydrogens is 378 g/mol. The first-order valence-electron chi connectivity index (χ1n) is 12.2. The Kier molecular flexibility index (Phi) is 12.6. The molecule has 1 unspecified atom stereocenters. The van der Waals surface area contributed by atoms with Crippen molar-refractivity contribution < 1.29 is 14.3 Å². The third-order valence-electron chi connectivity index (χ3n) is 6.59. The Morgan fingerprint density at radius 2 is 1.83 bits per heavy atom. The molecule has 0 aliphatic carbocycles. The predicted octanol–water partition coefficient (Wildman–Crippen LogP) is 4.04. The van der Waals surface area contributed by atoms with Crippen LogP contribution in [0.1, 0.15) is 86.5 Å². The number of rotatable bonds is 13. The summed E-state index contributed by atoms with van der Waals surface area (Å²) in [5, 5.41) is 3.14. The normalized spacial score (nSPS) is 20.6. The van der Waals surface area contributed by atoms with Crippen LogP contribution < -0.4 is 5.32 Å². The third kappa shape index (κ3) is 7.84. The highest BCUT2D eigenvalue weighted by Crippen LogP contribution is 2.21. The molecule has 0 aromatic heterocycles. The summed E-state index contributed by atoms with van der Waals surface area (Å²) in [5.74, 6) is 0.373. The van der Waals surface area contributed by atoms with E-state index >= 15 is 0 Å². The number of likely N-dealkylation sites (tertiary alicyclic amines) is 1. The molecule has 1 rings (SSSR count). The van der Waals surface area contributed by atoms with Crippen LogP contribution >= 0.6 is 0 Å². The smallest absolute Gasteiger partial charge is 0.247 e. The van der Waals surface area contributed by atoms with Gasteiger partial charge in [0.15, 0.2) is 0 Å². The number of carbonyl (C=O) groups is 2. The zero-order valence-electron chi connectivity index (χ0n) is 20.6. The molecule has 4 atom stereocenters. The lowest BCUT2D eigenvalue weighted by atomic mass is 9.93. The molecule has 6 nitrogen and oxygen atoms in total. The maximum atomic E-state index is 13.7. The molecule has 1 fully saturated rings. The summed E-state index contributed by atoms with van der Waals surface area (Å²) >= 11 is 0. The van der Waals surface area contributed by atoms with Gasteiger partial charge in [-0.3, -0.25) is 14.5 Å². The highest BCUT2D eigenvalue weighted by atomic mass is 16.5. The molecule has 0 bridgehead atoms. The summed E-state index contributed by atoms with van der Waals surface area (Å²) in [5.41, 5.74) is 0. The Morgan fingerprint density at radius 3 is 2.37 bits per heavy atom. The molecular formula is C24H47N3O3. The topological polar surface area (TPSA) is 61.9 Å². The van der Waals surface area contributed by atoms with Crippen molar-refractivity contribution in [2.75, 3.05) is 26.9 Å². The second kappa shape index (κ2) is 14.0. The lowest BCUT2D eigenvalue weighted by Gasteiger charge is -2.38. The summed E-state index contributed by atoms with van der Waals surface area (Å²) in [6, 6.07) is -0.556. The summed E-state index contributed by atoms with van der Waals surface area (Å²) in [6.45, 7) is 14.6. The van der Waals surface area contributed by atoms with Crippen LogP contribution in [0.15, 0.2) is 0 Å². The van der Waals surface area contributed by atoms with Gasteiger partial charge in [0.1, 0.15) is 12.8 Å². The van der Waals surface area contributed by atoms with Gasteiger partial charge in [-0.15, -0.1) is 0 Å². The highest BCUT2D eigenvalue weighted by Gasteiger charge is 2.36. The van der Waals surface area contributed by atoms with Gasteiger partial charge in [0, 0.05) is 12.6 Å². The Hall–Kier alpha value is -1.14.